The molecule has 0 aliphatic heterocycles. The van der Waals surface area contributed by atoms with E-state index >= 15 is 0 Å². The van der Waals surface area contributed by atoms with Crippen LogP contribution in [-0.4, -0.2) is 25.4 Å². The Labute approximate surface area is 113 Å². The van der Waals surface area contributed by atoms with Crippen molar-refractivity contribution in [1.82, 2.24) is 0 Å². The molecular weight excluding hydrogens is 238 g/mol. The number of aliphatic hydroxyl groups excluding tert-OH is 1. The van der Waals surface area contributed by atoms with Gasteiger partial charge < -0.3 is 15.2 Å². The maximum Gasteiger partial charge on any atom is 0.109 e. The van der Waals surface area contributed by atoms with Crippen LogP contribution in [0.2, 0.25) is 0 Å². The van der Waals surface area contributed by atoms with Crippen LogP contribution < -0.4 is 5.32 Å². The molecule has 0 fully saturated rings. The second kappa shape index (κ2) is 6.36. The van der Waals surface area contributed by atoms with E-state index < -0.39 is 5.54 Å². The van der Waals surface area contributed by atoms with Gasteiger partial charge in [-0.3, -0.25) is 0 Å². The van der Waals surface area contributed by atoms with Crippen molar-refractivity contribution in [2.45, 2.75) is 5.54 Å². The fraction of sp³-hybridized carbons (Fsp3) is 0.250. The van der Waals surface area contributed by atoms with E-state index in [4.69, 9.17) is 4.74 Å². The van der Waals surface area contributed by atoms with Crippen LogP contribution >= 0.6 is 0 Å². The molecule has 0 aromatic heterocycles. The summed E-state index contributed by atoms with van der Waals surface area (Å²) >= 11 is 0. The van der Waals surface area contributed by atoms with E-state index in [1.165, 1.54) is 0 Å². The van der Waals surface area contributed by atoms with Gasteiger partial charge in [0.05, 0.1) is 13.2 Å². The first-order valence-corrected chi connectivity index (χ1v) is 6.29. The van der Waals surface area contributed by atoms with E-state index in [1.807, 2.05) is 60.7 Å². The number of para-hydroxylation sites is 1. The fourth-order valence-electron chi connectivity index (χ4n) is 2.17. The van der Waals surface area contributed by atoms with Gasteiger partial charge in [0, 0.05) is 12.8 Å². The number of aliphatic hydroxyl groups is 1. The zero-order valence-electron chi connectivity index (χ0n) is 11.0. The van der Waals surface area contributed by atoms with Crippen molar-refractivity contribution in [2.75, 3.05) is 25.6 Å². The highest BCUT2D eigenvalue weighted by Gasteiger charge is 2.31. The first-order valence-electron chi connectivity index (χ1n) is 6.29. The minimum atomic E-state index is -0.628. The molecule has 100 valence electrons. The van der Waals surface area contributed by atoms with Crippen LogP contribution in [0.25, 0.3) is 0 Å². The molecule has 2 N–H and O–H groups in total. The summed E-state index contributed by atoms with van der Waals surface area (Å²) in [7, 11) is 1.64. The Morgan fingerprint density at radius 3 is 2.11 bits per heavy atom. The monoisotopic (exact) mass is 257 g/mol. The molecule has 0 saturated carbocycles. The summed E-state index contributed by atoms with van der Waals surface area (Å²) in [5.74, 6) is 0. The zero-order valence-corrected chi connectivity index (χ0v) is 11.0. The SMILES string of the molecule is COCC(CO)(Nc1ccccc1)c1ccccc1. The molecule has 0 spiro atoms. The number of methoxy groups -OCH3 is 1. The van der Waals surface area contributed by atoms with E-state index in [0.29, 0.717) is 6.61 Å². The van der Waals surface area contributed by atoms with Crippen LogP contribution in [0.5, 0.6) is 0 Å². The lowest BCUT2D eigenvalue weighted by atomic mass is 9.91. The van der Waals surface area contributed by atoms with Gasteiger partial charge in [-0.15, -0.1) is 0 Å². The Bertz CT molecular complexity index is 487. The number of hydrogen-bond donors (Lipinski definition) is 2. The van der Waals surface area contributed by atoms with Crippen molar-refractivity contribution in [3.05, 3.63) is 66.2 Å². The number of benzene rings is 2. The number of rotatable bonds is 6. The Balaban J connectivity index is 2.34. The van der Waals surface area contributed by atoms with Crippen molar-refractivity contribution < 1.29 is 9.84 Å². The Hall–Kier alpha value is -1.84. The van der Waals surface area contributed by atoms with Crippen molar-refractivity contribution in [2.24, 2.45) is 0 Å². The van der Waals surface area contributed by atoms with Crippen LogP contribution in [-0.2, 0) is 10.3 Å². The van der Waals surface area contributed by atoms with E-state index in [1.54, 1.807) is 7.11 Å². The summed E-state index contributed by atoms with van der Waals surface area (Å²) in [5.41, 5.74) is 1.33. The molecule has 1 unspecified atom stereocenters. The third-order valence-corrected chi connectivity index (χ3v) is 3.14. The molecule has 0 aliphatic rings. The summed E-state index contributed by atoms with van der Waals surface area (Å²) in [5, 5.41) is 13.3. The summed E-state index contributed by atoms with van der Waals surface area (Å²) in [6.45, 7) is 0.349. The minimum Gasteiger partial charge on any atom is -0.393 e. The van der Waals surface area contributed by atoms with Gasteiger partial charge in [0.15, 0.2) is 0 Å². The van der Waals surface area contributed by atoms with E-state index in [-0.39, 0.29) is 6.61 Å². The fourth-order valence-corrected chi connectivity index (χ4v) is 2.17. The number of hydrogen-bond acceptors (Lipinski definition) is 3. The van der Waals surface area contributed by atoms with Gasteiger partial charge in [-0.1, -0.05) is 48.5 Å². The Morgan fingerprint density at radius 1 is 1.00 bits per heavy atom. The highest BCUT2D eigenvalue weighted by atomic mass is 16.5. The Morgan fingerprint density at radius 2 is 1.58 bits per heavy atom. The van der Waals surface area contributed by atoms with Gasteiger partial charge in [0.25, 0.3) is 0 Å². The lowest BCUT2D eigenvalue weighted by Crippen LogP contribution is -2.43. The average Bonchev–Trinajstić information content (AvgIpc) is 2.49. The molecule has 0 radical (unpaired) electrons. The van der Waals surface area contributed by atoms with Gasteiger partial charge in [0.2, 0.25) is 0 Å². The molecule has 19 heavy (non-hydrogen) atoms. The highest BCUT2D eigenvalue weighted by molar-refractivity contribution is 5.48. The first-order chi connectivity index (χ1) is 9.30. The number of anilines is 1. The third-order valence-electron chi connectivity index (χ3n) is 3.14. The van der Waals surface area contributed by atoms with Crippen LogP contribution in [0.1, 0.15) is 5.56 Å². The molecule has 0 bridgehead atoms. The second-order valence-electron chi connectivity index (χ2n) is 4.53. The zero-order chi connectivity index (χ0) is 13.6. The summed E-state index contributed by atoms with van der Waals surface area (Å²) in [6, 6.07) is 19.7. The largest absolute Gasteiger partial charge is 0.393 e. The van der Waals surface area contributed by atoms with Crippen LogP contribution in [0, 0.1) is 0 Å². The smallest absolute Gasteiger partial charge is 0.109 e. The van der Waals surface area contributed by atoms with E-state index in [0.717, 1.165) is 11.3 Å². The van der Waals surface area contributed by atoms with Gasteiger partial charge in [-0.05, 0) is 17.7 Å². The topological polar surface area (TPSA) is 41.5 Å². The van der Waals surface area contributed by atoms with Crippen LogP contribution in [0.15, 0.2) is 60.7 Å². The highest BCUT2D eigenvalue weighted by Crippen LogP contribution is 2.26. The molecule has 1 atom stereocenters. The van der Waals surface area contributed by atoms with Crippen molar-refractivity contribution in [1.29, 1.82) is 0 Å². The lowest BCUT2D eigenvalue weighted by molar-refractivity contribution is 0.0978. The van der Waals surface area contributed by atoms with Gasteiger partial charge in [-0.2, -0.15) is 0 Å². The first kappa shape index (κ1) is 13.6. The molecule has 2 aromatic rings. The molecule has 2 aromatic carbocycles. The van der Waals surface area contributed by atoms with E-state index in [9.17, 15) is 5.11 Å². The predicted molar refractivity (Wildman–Crippen MR) is 77.1 cm³/mol. The molecule has 2 rings (SSSR count). The van der Waals surface area contributed by atoms with E-state index in [2.05, 4.69) is 5.32 Å². The summed E-state index contributed by atoms with van der Waals surface area (Å²) in [6.07, 6.45) is 0. The molecular formula is C16H19NO2. The predicted octanol–water partition coefficient (Wildman–Crippen LogP) is 2.63. The normalized spacial score (nSPS) is 13.8. The van der Waals surface area contributed by atoms with Crippen molar-refractivity contribution >= 4 is 5.69 Å². The third kappa shape index (κ3) is 3.13. The molecule has 0 heterocycles. The molecule has 3 heteroatoms. The van der Waals surface area contributed by atoms with Gasteiger partial charge >= 0.3 is 0 Å². The van der Waals surface area contributed by atoms with Gasteiger partial charge in [-0.25, -0.2) is 0 Å². The second-order valence-corrected chi connectivity index (χ2v) is 4.53. The average molecular weight is 257 g/mol. The van der Waals surface area contributed by atoms with Crippen molar-refractivity contribution in [3.8, 4) is 0 Å². The number of ether oxygens (including phenoxy) is 1. The standard InChI is InChI=1S/C16H19NO2/c1-19-13-16(12-18,14-8-4-2-5-9-14)17-15-10-6-3-7-11-15/h2-11,17-18H,12-13H2,1H3. The molecule has 0 amide bonds. The van der Waals surface area contributed by atoms with Gasteiger partial charge in [0.1, 0.15) is 5.54 Å². The maximum atomic E-state index is 9.88. The maximum absolute atomic E-state index is 9.88. The molecule has 3 nitrogen and oxygen atoms in total. The minimum absolute atomic E-state index is 0.0419. The van der Waals surface area contributed by atoms with Crippen LogP contribution in [0.4, 0.5) is 5.69 Å². The Kier molecular flexibility index (Phi) is 4.55. The van der Waals surface area contributed by atoms with Crippen LogP contribution in [0.3, 0.4) is 0 Å². The number of nitrogens with one attached hydrogen (secondary N) is 1. The lowest BCUT2D eigenvalue weighted by Gasteiger charge is -2.34. The molecule has 0 aliphatic carbocycles. The quantitative estimate of drug-likeness (QED) is 0.836. The summed E-state index contributed by atoms with van der Waals surface area (Å²) in [4.78, 5) is 0. The molecule has 0 saturated heterocycles. The summed E-state index contributed by atoms with van der Waals surface area (Å²) < 4.78 is 5.30. The van der Waals surface area contributed by atoms with Crippen molar-refractivity contribution in [3.63, 3.8) is 0 Å².